The first-order chi connectivity index (χ1) is 13.1. The molecule has 0 aliphatic heterocycles. The summed E-state index contributed by atoms with van der Waals surface area (Å²) in [6.45, 7) is 0.474. The lowest BCUT2D eigenvalue weighted by Crippen LogP contribution is -2.36. The van der Waals surface area contributed by atoms with Gasteiger partial charge in [0.05, 0.1) is 0 Å². The fourth-order valence-electron chi connectivity index (χ4n) is 2.94. The molecule has 2 aromatic carbocycles. The lowest BCUT2D eigenvalue weighted by Gasteiger charge is -2.23. The number of benzene rings is 2. The molecule has 4 rings (SSSR count). The van der Waals surface area contributed by atoms with Crippen LogP contribution in [0.4, 0.5) is 14.9 Å². The van der Waals surface area contributed by atoms with Crippen LogP contribution < -0.4 is 10.6 Å². The number of nitrogens with one attached hydrogen (secondary N) is 2. The molecule has 2 aromatic rings. The predicted octanol–water partition coefficient (Wildman–Crippen LogP) is 3.91. The molecule has 5 nitrogen and oxygen atoms in total. The molecule has 3 amide bonds. The molecule has 0 radical (unpaired) electrons. The van der Waals surface area contributed by atoms with E-state index in [0.717, 1.165) is 31.2 Å². The number of hydrogen-bond donors (Lipinski definition) is 2. The van der Waals surface area contributed by atoms with Crippen molar-refractivity contribution in [1.29, 1.82) is 0 Å². The van der Waals surface area contributed by atoms with Crippen LogP contribution in [0, 0.1) is 5.82 Å². The molecular weight excluding hydrogens is 345 g/mol. The Morgan fingerprint density at radius 2 is 1.63 bits per heavy atom. The third-order valence-electron chi connectivity index (χ3n) is 4.83. The van der Waals surface area contributed by atoms with Gasteiger partial charge in [0.15, 0.2) is 0 Å². The molecule has 0 spiro atoms. The Kier molecular flexibility index (Phi) is 4.79. The minimum atomic E-state index is -0.335. The Labute approximate surface area is 157 Å². The average molecular weight is 367 g/mol. The van der Waals surface area contributed by atoms with Crippen LogP contribution >= 0.6 is 0 Å². The first-order valence-corrected chi connectivity index (χ1v) is 9.31. The maximum atomic E-state index is 13.0. The summed E-state index contributed by atoms with van der Waals surface area (Å²) in [6.07, 6.45) is 4.09. The van der Waals surface area contributed by atoms with E-state index in [2.05, 4.69) is 10.6 Å². The predicted molar refractivity (Wildman–Crippen MR) is 101 cm³/mol. The van der Waals surface area contributed by atoms with Gasteiger partial charge in [0, 0.05) is 29.9 Å². The molecule has 140 valence electrons. The summed E-state index contributed by atoms with van der Waals surface area (Å²) in [5.41, 5.74) is 2.18. The molecule has 2 aliphatic carbocycles. The molecule has 0 aromatic heterocycles. The van der Waals surface area contributed by atoms with Crippen molar-refractivity contribution in [3.8, 4) is 0 Å². The Balaban J connectivity index is 1.39. The minimum absolute atomic E-state index is 0.0443. The fraction of sp³-hybridized carbons (Fsp3) is 0.333. The van der Waals surface area contributed by atoms with Gasteiger partial charge < -0.3 is 15.5 Å². The van der Waals surface area contributed by atoms with Gasteiger partial charge in [-0.1, -0.05) is 12.1 Å². The lowest BCUT2D eigenvalue weighted by molar-refractivity contribution is 0.0951. The van der Waals surface area contributed by atoms with Crippen molar-refractivity contribution in [2.75, 3.05) is 5.32 Å². The maximum absolute atomic E-state index is 13.0. The molecule has 0 bridgehead atoms. The van der Waals surface area contributed by atoms with Gasteiger partial charge in [0.2, 0.25) is 0 Å². The number of carbonyl (C=O) groups excluding carboxylic acids is 2. The Bertz CT molecular complexity index is 828. The molecule has 0 unspecified atom stereocenters. The molecule has 0 heterocycles. The number of hydrogen-bond acceptors (Lipinski definition) is 2. The van der Waals surface area contributed by atoms with Crippen molar-refractivity contribution >= 4 is 17.6 Å². The van der Waals surface area contributed by atoms with E-state index < -0.39 is 0 Å². The summed E-state index contributed by atoms with van der Waals surface area (Å²) in [4.78, 5) is 26.5. The zero-order valence-corrected chi connectivity index (χ0v) is 15.0. The standard InChI is InChI=1S/C21H22FN3O2/c22-16-5-7-18(8-6-16)24-21(27)25(19-11-12-19)13-14-1-3-15(4-2-14)20(26)23-17-9-10-17/h1-8,17,19H,9-13H2,(H,23,26)(H,24,27). The molecule has 2 N–H and O–H groups in total. The number of halogens is 1. The molecule has 0 atom stereocenters. The highest BCUT2D eigenvalue weighted by molar-refractivity contribution is 5.94. The summed E-state index contributed by atoms with van der Waals surface area (Å²) < 4.78 is 13.0. The van der Waals surface area contributed by atoms with Crippen molar-refractivity contribution in [3.05, 3.63) is 65.5 Å². The minimum Gasteiger partial charge on any atom is -0.349 e. The van der Waals surface area contributed by atoms with Gasteiger partial charge in [-0.25, -0.2) is 9.18 Å². The first kappa shape index (κ1) is 17.5. The number of anilines is 1. The topological polar surface area (TPSA) is 61.4 Å². The Hall–Kier alpha value is -2.89. The molecular formula is C21H22FN3O2. The SMILES string of the molecule is O=C(NC1CC1)c1ccc(CN(C(=O)Nc2ccc(F)cc2)C2CC2)cc1. The summed E-state index contributed by atoms with van der Waals surface area (Å²) in [5.74, 6) is -0.380. The van der Waals surface area contributed by atoms with Crippen molar-refractivity contribution in [3.63, 3.8) is 0 Å². The van der Waals surface area contributed by atoms with Gasteiger partial charge >= 0.3 is 6.03 Å². The number of rotatable bonds is 6. The normalized spacial score (nSPS) is 15.9. The average Bonchev–Trinajstić information content (AvgIpc) is 3.57. The summed E-state index contributed by atoms with van der Waals surface area (Å²) in [6, 6.07) is 13.5. The summed E-state index contributed by atoms with van der Waals surface area (Å²) in [7, 11) is 0. The maximum Gasteiger partial charge on any atom is 0.322 e. The van der Waals surface area contributed by atoms with Crippen molar-refractivity contribution in [1.82, 2.24) is 10.2 Å². The zero-order valence-electron chi connectivity index (χ0n) is 15.0. The summed E-state index contributed by atoms with van der Waals surface area (Å²) in [5, 5.41) is 5.79. The van der Waals surface area contributed by atoms with Gasteiger partial charge in [0.1, 0.15) is 5.82 Å². The molecule has 2 fully saturated rings. The monoisotopic (exact) mass is 367 g/mol. The summed E-state index contributed by atoms with van der Waals surface area (Å²) >= 11 is 0. The largest absolute Gasteiger partial charge is 0.349 e. The van der Waals surface area contributed by atoms with Crippen LogP contribution in [0.1, 0.15) is 41.6 Å². The van der Waals surface area contributed by atoms with E-state index in [1.807, 2.05) is 12.1 Å². The number of urea groups is 1. The van der Waals surface area contributed by atoms with Crippen LogP contribution in [0.3, 0.4) is 0 Å². The van der Waals surface area contributed by atoms with Crippen molar-refractivity contribution < 1.29 is 14.0 Å². The highest BCUT2D eigenvalue weighted by Gasteiger charge is 2.32. The Morgan fingerprint density at radius 3 is 2.22 bits per heavy atom. The highest BCUT2D eigenvalue weighted by Crippen LogP contribution is 2.29. The van der Waals surface area contributed by atoms with Crippen LogP contribution in [-0.4, -0.2) is 28.9 Å². The van der Waals surface area contributed by atoms with Crippen LogP contribution in [0.5, 0.6) is 0 Å². The van der Waals surface area contributed by atoms with Gasteiger partial charge in [-0.2, -0.15) is 0 Å². The highest BCUT2D eigenvalue weighted by atomic mass is 19.1. The zero-order chi connectivity index (χ0) is 18.8. The lowest BCUT2D eigenvalue weighted by atomic mass is 10.1. The molecule has 2 aliphatic rings. The second-order valence-corrected chi connectivity index (χ2v) is 7.24. The number of amides is 3. The molecule has 0 saturated heterocycles. The van der Waals surface area contributed by atoms with Crippen LogP contribution in [0.15, 0.2) is 48.5 Å². The van der Waals surface area contributed by atoms with Gasteiger partial charge in [-0.15, -0.1) is 0 Å². The second-order valence-electron chi connectivity index (χ2n) is 7.24. The van der Waals surface area contributed by atoms with Crippen LogP contribution in [0.2, 0.25) is 0 Å². The van der Waals surface area contributed by atoms with Gasteiger partial charge in [0.25, 0.3) is 5.91 Å². The number of nitrogens with zero attached hydrogens (tertiary/aromatic N) is 1. The van der Waals surface area contributed by atoms with E-state index in [1.165, 1.54) is 12.1 Å². The van der Waals surface area contributed by atoms with E-state index >= 15 is 0 Å². The number of carbonyl (C=O) groups is 2. The molecule has 6 heteroatoms. The van der Waals surface area contributed by atoms with Crippen LogP contribution in [-0.2, 0) is 6.54 Å². The van der Waals surface area contributed by atoms with E-state index in [4.69, 9.17) is 0 Å². The van der Waals surface area contributed by atoms with Crippen molar-refractivity contribution in [2.45, 2.75) is 44.3 Å². The van der Waals surface area contributed by atoms with Gasteiger partial charge in [-0.3, -0.25) is 4.79 Å². The smallest absolute Gasteiger partial charge is 0.322 e. The van der Waals surface area contributed by atoms with E-state index in [1.54, 1.807) is 29.2 Å². The second kappa shape index (κ2) is 7.39. The van der Waals surface area contributed by atoms with Crippen molar-refractivity contribution in [2.24, 2.45) is 0 Å². The third-order valence-corrected chi connectivity index (χ3v) is 4.83. The van der Waals surface area contributed by atoms with Crippen LogP contribution in [0.25, 0.3) is 0 Å². The quantitative estimate of drug-likeness (QED) is 0.813. The molecule has 27 heavy (non-hydrogen) atoms. The van der Waals surface area contributed by atoms with E-state index in [-0.39, 0.29) is 23.8 Å². The van der Waals surface area contributed by atoms with E-state index in [0.29, 0.717) is 23.8 Å². The molecule has 2 saturated carbocycles. The fourth-order valence-corrected chi connectivity index (χ4v) is 2.94. The van der Waals surface area contributed by atoms with Gasteiger partial charge in [-0.05, 0) is 67.6 Å². The van der Waals surface area contributed by atoms with E-state index in [9.17, 15) is 14.0 Å². The Morgan fingerprint density at radius 1 is 0.963 bits per heavy atom. The first-order valence-electron chi connectivity index (χ1n) is 9.31. The third kappa shape index (κ3) is 4.64.